The van der Waals surface area contributed by atoms with E-state index in [0.717, 1.165) is 0 Å². The molecule has 0 N–H and O–H groups in total. The summed E-state index contributed by atoms with van der Waals surface area (Å²) < 4.78 is 3.97. The van der Waals surface area contributed by atoms with Crippen LogP contribution in [0.15, 0.2) is 12.7 Å². The molecule has 11 heavy (non-hydrogen) atoms. The Morgan fingerprint density at radius 2 is 1.55 bits per heavy atom. The Bertz CT molecular complexity index is 142. The van der Waals surface area contributed by atoms with E-state index in [-0.39, 0.29) is 0 Å². The van der Waals surface area contributed by atoms with Crippen LogP contribution in [0, 0.1) is 0 Å². The zero-order valence-electron chi connectivity index (χ0n) is 6.49. The normalized spacial score (nSPS) is 6.73. The summed E-state index contributed by atoms with van der Waals surface area (Å²) in [6, 6.07) is 0. The van der Waals surface area contributed by atoms with Crippen LogP contribution in [0.25, 0.3) is 0 Å². The molecule has 0 fully saturated rings. The fraction of sp³-hybridized carbons (Fsp3) is 0.286. The van der Waals surface area contributed by atoms with Gasteiger partial charge in [0.2, 0.25) is 0 Å². The molecule has 0 aliphatic heterocycles. The Labute approximate surface area is 64.8 Å². The summed E-state index contributed by atoms with van der Waals surface area (Å²) in [5.41, 5.74) is 0. The molecule has 0 aliphatic carbocycles. The highest BCUT2D eigenvalue weighted by Crippen LogP contribution is 1.73. The molecule has 0 aromatic rings. The van der Waals surface area contributed by atoms with Gasteiger partial charge in [-0.3, -0.25) is 14.4 Å². The van der Waals surface area contributed by atoms with Crippen molar-refractivity contribution in [3.05, 3.63) is 12.7 Å². The minimum atomic E-state index is -0.562. The average molecular weight is 158 g/mol. The number of rotatable bonds is 1. The number of hydrogen-bond donors (Lipinski definition) is 0. The molecule has 0 saturated carbocycles. The number of esters is 2. The Morgan fingerprint density at radius 3 is 1.55 bits per heavy atom. The van der Waals surface area contributed by atoms with E-state index in [1.807, 2.05) is 0 Å². The van der Waals surface area contributed by atoms with Gasteiger partial charge in [0, 0.05) is 13.8 Å². The van der Waals surface area contributed by atoms with Gasteiger partial charge in [0.25, 0.3) is 0 Å². The van der Waals surface area contributed by atoms with Crippen LogP contribution in [0.4, 0.5) is 0 Å². The second-order valence-corrected chi connectivity index (χ2v) is 1.46. The summed E-state index contributed by atoms with van der Waals surface area (Å²) in [6.07, 6.45) is 1.83. The zero-order chi connectivity index (χ0) is 9.28. The van der Waals surface area contributed by atoms with Crippen molar-refractivity contribution in [1.82, 2.24) is 0 Å². The van der Waals surface area contributed by atoms with E-state index in [1.165, 1.54) is 19.9 Å². The number of allylic oxidation sites excluding steroid dienone is 1. The van der Waals surface area contributed by atoms with Crippen LogP contribution in [-0.2, 0) is 19.1 Å². The molecule has 62 valence electrons. The summed E-state index contributed by atoms with van der Waals surface area (Å²) in [4.78, 5) is 28.7. The SMILES string of the molecule is C=CC=O.CC(=O)OC(C)=O. The number of carbonyl (C=O) groups excluding carboxylic acids is 3. The predicted molar refractivity (Wildman–Crippen MR) is 38.7 cm³/mol. The summed E-state index contributed by atoms with van der Waals surface area (Å²) in [5, 5.41) is 0. The first-order valence-electron chi connectivity index (χ1n) is 2.79. The highest BCUT2D eigenvalue weighted by atomic mass is 16.6. The largest absolute Gasteiger partial charge is 0.394 e. The van der Waals surface area contributed by atoms with E-state index in [1.54, 1.807) is 0 Å². The third-order valence-corrected chi connectivity index (χ3v) is 0.384. The highest BCUT2D eigenvalue weighted by Gasteiger charge is 1.93. The first-order chi connectivity index (χ1) is 5.04. The van der Waals surface area contributed by atoms with Crippen LogP contribution in [0.3, 0.4) is 0 Å². The van der Waals surface area contributed by atoms with Crippen molar-refractivity contribution in [3.63, 3.8) is 0 Å². The molecule has 0 rings (SSSR count). The quantitative estimate of drug-likeness (QED) is 0.241. The maximum Gasteiger partial charge on any atom is 0.310 e. The summed E-state index contributed by atoms with van der Waals surface area (Å²) >= 11 is 0. The van der Waals surface area contributed by atoms with Crippen LogP contribution in [0.1, 0.15) is 13.8 Å². The Balaban J connectivity index is 0. The Morgan fingerprint density at radius 1 is 1.27 bits per heavy atom. The van der Waals surface area contributed by atoms with E-state index >= 15 is 0 Å². The Kier molecular flexibility index (Phi) is 9.52. The standard InChI is InChI=1S/C4H6O3.C3H4O/c1-3(5)7-4(2)6;1-2-3-4/h1-2H3;2-3H,1H2. The minimum Gasteiger partial charge on any atom is -0.394 e. The third-order valence-electron chi connectivity index (χ3n) is 0.384. The highest BCUT2D eigenvalue weighted by molar-refractivity contribution is 5.82. The molecule has 4 nitrogen and oxygen atoms in total. The van der Waals surface area contributed by atoms with Crippen molar-refractivity contribution in [1.29, 1.82) is 0 Å². The molecule has 0 aliphatic rings. The Hall–Kier alpha value is -1.45. The average Bonchev–Trinajstić information content (AvgIpc) is 1.85. The lowest BCUT2D eigenvalue weighted by Crippen LogP contribution is -2.03. The summed E-state index contributed by atoms with van der Waals surface area (Å²) in [7, 11) is 0. The molecule has 0 aromatic heterocycles. The van der Waals surface area contributed by atoms with Crippen molar-refractivity contribution >= 4 is 18.2 Å². The van der Waals surface area contributed by atoms with E-state index < -0.39 is 11.9 Å². The topological polar surface area (TPSA) is 60.4 Å². The lowest BCUT2D eigenvalue weighted by atomic mass is 10.7. The molecule has 0 unspecified atom stereocenters. The van der Waals surface area contributed by atoms with Crippen LogP contribution >= 0.6 is 0 Å². The van der Waals surface area contributed by atoms with Gasteiger partial charge in [-0.05, 0) is 6.08 Å². The molecule has 0 spiro atoms. The fourth-order valence-electron chi connectivity index (χ4n) is 0.202. The molecule has 0 bridgehead atoms. The van der Waals surface area contributed by atoms with Gasteiger partial charge in [-0.25, -0.2) is 0 Å². The van der Waals surface area contributed by atoms with Crippen LogP contribution in [0.5, 0.6) is 0 Å². The predicted octanol–water partition coefficient (Wildman–Crippen LogP) is 0.467. The van der Waals surface area contributed by atoms with Gasteiger partial charge >= 0.3 is 11.9 Å². The monoisotopic (exact) mass is 158 g/mol. The second kappa shape index (κ2) is 8.55. The van der Waals surface area contributed by atoms with Crippen molar-refractivity contribution in [2.24, 2.45) is 0 Å². The third kappa shape index (κ3) is 29.1. The van der Waals surface area contributed by atoms with Crippen LogP contribution in [0.2, 0.25) is 0 Å². The van der Waals surface area contributed by atoms with Crippen LogP contribution < -0.4 is 0 Å². The van der Waals surface area contributed by atoms with Gasteiger partial charge in [0.1, 0.15) is 6.29 Å². The fourth-order valence-corrected chi connectivity index (χ4v) is 0.202. The molecule has 0 amide bonds. The second-order valence-electron chi connectivity index (χ2n) is 1.46. The summed E-state index contributed by atoms with van der Waals surface area (Å²) in [6.45, 7) is 5.48. The zero-order valence-corrected chi connectivity index (χ0v) is 6.49. The summed E-state index contributed by atoms with van der Waals surface area (Å²) in [5.74, 6) is -1.12. The van der Waals surface area contributed by atoms with Crippen molar-refractivity contribution in [2.45, 2.75) is 13.8 Å². The molecule has 0 saturated heterocycles. The molecule has 0 aromatic carbocycles. The van der Waals surface area contributed by atoms with Gasteiger partial charge in [-0.2, -0.15) is 0 Å². The van der Waals surface area contributed by atoms with Crippen molar-refractivity contribution < 1.29 is 19.1 Å². The maximum absolute atomic E-state index is 9.81. The minimum absolute atomic E-state index is 0.562. The van der Waals surface area contributed by atoms with Gasteiger partial charge in [0.05, 0.1) is 0 Å². The lowest BCUT2D eigenvalue weighted by molar-refractivity contribution is -0.156. The van der Waals surface area contributed by atoms with Gasteiger partial charge in [0.15, 0.2) is 0 Å². The molecule has 0 heterocycles. The number of hydrogen-bond acceptors (Lipinski definition) is 4. The van der Waals surface area contributed by atoms with Gasteiger partial charge in [-0.1, -0.05) is 6.58 Å². The first-order valence-corrected chi connectivity index (χ1v) is 2.79. The molecular weight excluding hydrogens is 148 g/mol. The maximum atomic E-state index is 9.81. The van der Waals surface area contributed by atoms with E-state index in [4.69, 9.17) is 4.79 Å². The van der Waals surface area contributed by atoms with E-state index in [0.29, 0.717) is 6.29 Å². The number of carbonyl (C=O) groups is 3. The smallest absolute Gasteiger partial charge is 0.310 e. The van der Waals surface area contributed by atoms with Gasteiger partial charge in [-0.15, -0.1) is 0 Å². The lowest BCUT2D eigenvalue weighted by Gasteiger charge is -1.87. The number of aldehydes is 1. The molecule has 0 atom stereocenters. The molecule has 0 radical (unpaired) electrons. The van der Waals surface area contributed by atoms with Crippen molar-refractivity contribution in [3.8, 4) is 0 Å². The van der Waals surface area contributed by atoms with Crippen LogP contribution in [-0.4, -0.2) is 18.2 Å². The first kappa shape index (κ1) is 12.2. The molecule has 4 heteroatoms. The van der Waals surface area contributed by atoms with Crippen molar-refractivity contribution in [2.75, 3.05) is 0 Å². The van der Waals surface area contributed by atoms with E-state index in [2.05, 4.69) is 11.3 Å². The van der Waals surface area contributed by atoms with Gasteiger partial charge < -0.3 is 4.74 Å². The molecular formula is C7H10O4. The number of ether oxygens (including phenoxy) is 1. The van der Waals surface area contributed by atoms with E-state index in [9.17, 15) is 9.59 Å².